The van der Waals surface area contributed by atoms with Crippen LogP contribution in [0.4, 0.5) is 11.8 Å². The number of ether oxygens (including phenoxy) is 1. The molecule has 0 amide bonds. The zero-order chi connectivity index (χ0) is 21.3. The third kappa shape index (κ3) is 7.46. The van der Waals surface area contributed by atoms with Crippen molar-refractivity contribution in [3.8, 4) is 23.1 Å². The summed E-state index contributed by atoms with van der Waals surface area (Å²) >= 11 is 0. The molecule has 0 fully saturated rings. The van der Waals surface area contributed by atoms with E-state index >= 15 is 0 Å². The van der Waals surface area contributed by atoms with Crippen molar-refractivity contribution in [2.75, 3.05) is 17.6 Å². The van der Waals surface area contributed by atoms with Crippen molar-refractivity contribution in [1.82, 2.24) is 9.97 Å². The summed E-state index contributed by atoms with van der Waals surface area (Å²) in [5.74, 6) is 6.78. The van der Waals surface area contributed by atoms with Crippen molar-refractivity contribution >= 4 is 17.7 Å². The minimum atomic E-state index is -0.494. The van der Waals surface area contributed by atoms with Crippen LogP contribution in [0.15, 0.2) is 30.3 Å². The topological polar surface area (TPSA) is 90.1 Å². The molecule has 0 saturated carbocycles. The molecule has 0 aliphatic heterocycles. The summed E-state index contributed by atoms with van der Waals surface area (Å²) in [5.41, 5.74) is 7.74. The summed E-state index contributed by atoms with van der Waals surface area (Å²) in [4.78, 5) is 20.7. The number of hydrogen-bond acceptors (Lipinski definition) is 6. The Bertz CT molecular complexity index is 877. The molecule has 0 saturated heterocycles. The lowest BCUT2D eigenvalue weighted by Crippen LogP contribution is -2.23. The molecular weight excluding hydrogens is 364 g/mol. The number of hydrogen-bond donors (Lipinski definition) is 2. The normalized spacial score (nSPS) is 10.8. The number of carbonyl (C=O) groups excluding carboxylic acids is 1. The minimum Gasteiger partial charge on any atom is -0.460 e. The molecular formula is C23H30N4O2. The molecule has 3 N–H and O–H groups in total. The van der Waals surface area contributed by atoms with Crippen molar-refractivity contribution in [3.05, 3.63) is 35.9 Å². The smallest absolute Gasteiger partial charge is 0.307 e. The Morgan fingerprint density at radius 3 is 2.59 bits per heavy atom. The van der Waals surface area contributed by atoms with Crippen LogP contribution in [0.1, 0.15) is 58.9 Å². The highest BCUT2D eigenvalue weighted by molar-refractivity contribution is 5.75. The first-order chi connectivity index (χ1) is 13.8. The molecule has 0 aliphatic rings. The monoisotopic (exact) mass is 394 g/mol. The van der Waals surface area contributed by atoms with Gasteiger partial charge in [0.1, 0.15) is 11.4 Å². The number of benzene rings is 1. The zero-order valence-corrected chi connectivity index (χ0v) is 17.7. The Balaban J connectivity index is 2.29. The van der Waals surface area contributed by atoms with Crippen molar-refractivity contribution < 1.29 is 9.53 Å². The van der Waals surface area contributed by atoms with Crippen LogP contribution in [-0.2, 0) is 9.53 Å². The lowest BCUT2D eigenvalue weighted by Gasteiger charge is -2.18. The van der Waals surface area contributed by atoms with E-state index in [4.69, 9.17) is 10.5 Å². The highest BCUT2D eigenvalue weighted by atomic mass is 16.6. The van der Waals surface area contributed by atoms with E-state index in [-0.39, 0.29) is 18.3 Å². The molecule has 154 valence electrons. The largest absolute Gasteiger partial charge is 0.460 e. The van der Waals surface area contributed by atoms with Gasteiger partial charge in [0.25, 0.3) is 0 Å². The van der Waals surface area contributed by atoms with Gasteiger partial charge in [-0.1, -0.05) is 55.5 Å². The predicted octanol–water partition coefficient (Wildman–Crippen LogP) is 4.41. The minimum absolute atomic E-state index is 0.196. The molecule has 2 aromatic rings. The van der Waals surface area contributed by atoms with Gasteiger partial charge < -0.3 is 15.8 Å². The van der Waals surface area contributed by atoms with Crippen LogP contribution in [0.3, 0.4) is 0 Å². The molecule has 0 aliphatic carbocycles. The average molecular weight is 395 g/mol. The van der Waals surface area contributed by atoms with Gasteiger partial charge >= 0.3 is 5.97 Å². The van der Waals surface area contributed by atoms with Crippen LogP contribution in [0.25, 0.3) is 11.3 Å². The first-order valence-corrected chi connectivity index (χ1v) is 9.97. The van der Waals surface area contributed by atoms with Crippen molar-refractivity contribution in [3.63, 3.8) is 0 Å². The number of nitrogens with two attached hydrogens (primary N) is 1. The van der Waals surface area contributed by atoms with Gasteiger partial charge in [0.2, 0.25) is 5.95 Å². The molecule has 6 heteroatoms. The fourth-order valence-corrected chi connectivity index (χ4v) is 2.62. The van der Waals surface area contributed by atoms with E-state index < -0.39 is 5.60 Å². The molecule has 1 aromatic carbocycles. The number of unbranched alkanes of at least 4 members (excludes halogenated alkanes) is 1. The van der Waals surface area contributed by atoms with E-state index in [0.29, 0.717) is 23.5 Å². The van der Waals surface area contributed by atoms with Gasteiger partial charge in [0, 0.05) is 18.5 Å². The summed E-state index contributed by atoms with van der Waals surface area (Å²) in [6, 6.07) is 9.75. The predicted molar refractivity (Wildman–Crippen MR) is 117 cm³/mol. The van der Waals surface area contributed by atoms with Gasteiger partial charge in [-0.05, 0) is 27.2 Å². The Kier molecular flexibility index (Phi) is 8.02. The average Bonchev–Trinajstić information content (AvgIpc) is 2.65. The second-order valence-electron chi connectivity index (χ2n) is 7.69. The van der Waals surface area contributed by atoms with Crippen molar-refractivity contribution in [1.29, 1.82) is 0 Å². The van der Waals surface area contributed by atoms with Crippen LogP contribution >= 0.6 is 0 Å². The number of anilines is 2. The standard InChI is InChI=1S/C23H30N4O2/c1-5-6-16-25-21-18(14-10-11-15-19(28)29-23(2,3)4)20(26-22(24)27-21)17-12-8-7-9-13-17/h7-9,12-13H,5-6,11,15-16H2,1-4H3,(H3,24,25,26,27). The summed E-state index contributed by atoms with van der Waals surface area (Å²) < 4.78 is 5.33. The Hall–Kier alpha value is -3.07. The number of carbonyl (C=O) groups is 1. The summed E-state index contributed by atoms with van der Waals surface area (Å²) in [5, 5.41) is 3.32. The second kappa shape index (κ2) is 10.5. The molecule has 1 heterocycles. The SMILES string of the molecule is CCCCNc1nc(N)nc(-c2ccccc2)c1C#CCCC(=O)OC(C)(C)C. The molecule has 1 aromatic heterocycles. The highest BCUT2D eigenvalue weighted by Gasteiger charge is 2.16. The summed E-state index contributed by atoms with van der Waals surface area (Å²) in [6.07, 6.45) is 2.70. The van der Waals surface area contributed by atoms with Crippen LogP contribution in [0.2, 0.25) is 0 Å². The molecule has 29 heavy (non-hydrogen) atoms. The fraction of sp³-hybridized carbons (Fsp3) is 0.435. The number of esters is 1. The molecule has 0 spiro atoms. The number of nitrogens with one attached hydrogen (secondary N) is 1. The van der Waals surface area contributed by atoms with Gasteiger partial charge in [-0.25, -0.2) is 4.98 Å². The molecule has 0 radical (unpaired) electrons. The van der Waals surface area contributed by atoms with E-state index in [1.54, 1.807) is 0 Å². The highest BCUT2D eigenvalue weighted by Crippen LogP contribution is 2.26. The van der Waals surface area contributed by atoms with Crippen molar-refractivity contribution in [2.45, 2.75) is 59.0 Å². The summed E-state index contributed by atoms with van der Waals surface area (Å²) in [7, 11) is 0. The fourth-order valence-electron chi connectivity index (χ4n) is 2.62. The van der Waals surface area contributed by atoms with Gasteiger partial charge in [-0.3, -0.25) is 4.79 Å². The van der Waals surface area contributed by atoms with Gasteiger partial charge in [0.15, 0.2) is 0 Å². The quantitative estimate of drug-likeness (QED) is 0.411. The van der Waals surface area contributed by atoms with Crippen LogP contribution in [0, 0.1) is 11.8 Å². The Morgan fingerprint density at radius 2 is 1.93 bits per heavy atom. The van der Waals surface area contributed by atoms with Gasteiger partial charge in [-0.2, -0.15) is 4.98 Å². The number of nitrogen functional groups attached to an aromatic ring is 1. The van der Waals surface area contributed by atoms with E-state index in [9.17, 15) is 4.79 Å². The summed E-state index contributed by atoms with van der Waals surface area (Å²) in [6.45, 7) is 8.45. The maximum atomic E-state index is 11.9. The van der Waals surface area contributed by atoms with Crippen LogP contribution < -0.4 is 11.1 Å². The Morgan fingerprint density at radius 1 is 1.21 bits per heavy atom. The lowest BCUT2D eigenvalue weighted by atomic mass is 10.1. The lowest BCUT2D eigenvalue weighted by molar-refractivity contribution is -0.154. The third-order valence-electron chi connectivity index (χ3n) is 3.88. The van der Waals surface area contributed by atoms with E-state index in [1.165, 1.54) is 0 Å². The van der Waals surface area contributed by atoms with E-state index in [2.05, 4.69) is 34.0 Å². The van der Waals surface area contributed by atoms with Crippen molar-refractivity contribution in [2.24, 2.45) is 0 Å². The molecule has 0 atom stereocenters. The Labute approximate surface area is 173 Å². The molecule has 2 rings (SSSR count). The van der Waals surface area contributed by atoms with Gasteiger partial charge in [-0.15, -0.1) is 0 Å². The molecule has 6 nitrogen and oxygen atoms in total. The first-order valence-electron chi connectivity index (χ1n) is 9.97. The molecule has 0 unspecified atom stereocenters. The van der Waals surface area contributed by atoms with E-state index in [0.717, 1.165) is 24.9 Å². The van der Waals surface area contributed by atoms with Crippen LogP contribution in [-0.4, -0.2) is 28.1 Å². The number of rotatable bonds is 7. The molecule has 0 bridgehead atoms. The number of aromatic nitrogens is 2. The second-order valence-corrected chi connectivity index (χ2v) is 7.69. The maximum absolute atomic E-state index is 11.9. The third-order valence-corrected chi connectivity index (χ3v) is 3.88. The first kappa shape index (κ1) is 22.2. The zero-order valence-electron chi connectivity index (χ0n) is 17.7. The van der Waals surface area contributed by atoms with E-state index in [1.807, 2.05) is 51.1 Å². The van der Waals surface area contributed by atoms with Crippen LogP contribution in [0.5, 0.6) is 0 Å². The number of nitrogens with zero attached hydrogens (tertiary/aromatic N) is 2. The maximum Gasteiger partial charge on any atom is 0.307 e. The van der Waals surface area contributed by atoms with Gasteiger partial charge in [0.05, 0.1) is 17.7 Å².